The number of aromatic hydroxyl groups is 3. The van der Waals surface area contributed by atoms with Gasteiger partial charge in [-0.25, -0.2) is 4.39 Å². The third-order valence-corrected chi connectivity index (χ3v) is 2.65. The molecule has 0 spiro atoms. The van der Waals surface area contributed by atoms with Gasteiger partial charge in [-0.1, -0.05) is 12.1 Å². The van der Waals surface area contributed by atoms with Crippen LogP contribution >= 0.6 is 0 Å². The van der Waals surface area contributed by atoms with Gasteiger partial charge in [-0.15, -0.1) is 0 Å². The quantitative estimate of drug-likeness (QED) is 0.689. The maximum absolute atomic E-state index is 13.0. The van der Waals surface area contributed by atoms with Crippen molar-refractivity contribution in [3.05, 3.63) is 53.3 Å². The van der Waals surface area contributed by atoms with Crippen LogP contribution in [0.2, 0.25) is 0 Å². The van der Waals surface area contributed by atoms with Gasteiger partial charge in [0.15, 0.2) is 0 Å². The van der Waals surface area contributed by atoms with Crippen LogP contribution in [0.5, 0.6) is 17.2 Å². The first kappa shape index (κ1) is 13.7. The maximum Gasteiger partial charge on any atom is 0.259 e. The van der Waals surface area contributed by atoms with Gasteiger partial charge in [0, 0.05) is 18.7 Å². The number of hydrogen-bond acceptors (Lipinski definition) is 4. The van der Waals surface area contributed by atoms with Crippen LogP contribution in [0.1, 0.15) is 15.9 Å². The van der Waals surface area contributed by atoms with Gasteiger partial charge in [0.2, 0.25) is 0 Å². The highest BCUT2D eigenvalue weighted by molar-refractivity contribution is 5.99. The van der Waals surface area contributed by atoms with Gasteiger partial charge < -0.3 is 20.6 Å². The Balaban J connectivity index is 2.13. The van der Waals surface area contributed by atoms with E-state index in [1.165, 1.54) is 18.2 Å². The van der Waals surface area contributed by atoms with E-state index in [4.69, 9.17) is 5.11 Å². The van der Waals surface area contributed by atoms with Crippen molar-refractivity contribution in [3.8, 4) is 17.2 Å². The molecule has 0 aliphatic carbocycles. The zero-order valence-corrected chi connectivity index (χ0v) is 10.3. The summed E-state index contributed by atoms with van der Waals surface area (Å²) in [4.78, 5) is 11.8. The molecule has 5 nitrogen and oxygen atoms in total. The first-order valence-electron chi connectivity index (χ1n) is 5.75. The molecular weight excluding hydrogens is 265 g/mol. The SMILES string of the molecule is O=C(NCc1cccc(F)c1)c1c(O)cc(O)cc1O. The summed E-state index contributed by atoms with van der Waals surface area (Å²) < 4.78 is 13.0. The van der Waals surface area contributed by atoms with Gasteiger partial charge in [-0.3, -0.25) is 4.79 Å². The molecule has 2 aromatic rings. The van der Waals surface area contributed by atoms with Gasteiger partial charge in [0.1, 0.15) is 28.6 Å². The second-order valence-electron chi connectivity index (χ2n) is 4.17. The maximum atomic E-state index is 13.0. The van der Waals surface area contributed by atoms with Gasteiger partial charge in [0.25, 0.3) is 5.91 Å². The Kier molecular flexibility index (Phi) is 3.74. The summed E-state index contributed by atoms with van der Waals surface area (Å²) in [5.74, 6) is -2.60. The van der Waals surface area contributed by atoms with Crippen LogP contribution in [0, 0.1) is 5.82 Å². The van der Waals surface area contributed by atoms with Crippen molar-refractivity contribution < 1.29 is 24.5 Å². The van der Waals surface area contributed by atoms with E-state index in [9.17, 15) is 19.4 Å². The van der Waals surface area contributed by atoms with Crippen molar-refractivity contribution >= 4 is 5.91 Å². The average Bonchev–Trinajstić information content (AvgIpc) is 2.35. The Morgan fingerprint density at radius 3 is 2.35 bits per heavy atom. The highest BCUT2D eigenvalue weighted by Crippen LogP contribution is 2.31. The molecule has 0 aliphatic rings. The van der Waals surface area contributed by atoms with E-state index < -0.39 is 23.2 Å². The summed E-state index contributed by atoms with van der Waals surface area (Å²) in [6, 6.07) is 7.56. The monoisotopic (exact) mass is 277 g/mol. The van der Waals surface area contributed by atoms with Crippen molar-refractivity contribution in [2.75, 3.05) is 0 Å². The van der Waals surface area contributed by atoms with E-state index in [-0.39, 0.29) is 17.9 Å². The standard InChI is InChI=1S/C14H12FNO4/c15-9-3-1-2-8(4-9)7-16-14(20)13-11(18)5-10(17)6-12(13)19/h1-6,17-19H,7H2,(H,16,20). The summed E-state index contributed by atoms with van der Waals surface area (Å²) in [5.41, 5.74) is 0.190. The molecule has 0 aliphatic heterocycles. The highest BCUT2D eigenvalue weighted by atomic mass is 19.1. The van der Waals surface area contributed by atoms with Gasteiger partial charge in [0.05, 0.1) is 0 Å². The molecule has 0 aromatic heterocycles. The van der Waals surface area contributed by atoms with Crippen LogP contribution < -0.4 is 5.32 Å². The molecule has 0 fully saturated rings. The molecule has 0 saturated carbocycles. The van der Waals surface area contributed by atoms with Crippen molar-refractivity contribution in [1.82, 2.24) is 5.32 Å². The smallest absolute Gasteiger partial charge is 0.259 e. The van der Waals surface area contributed by atoms with E-state index in [0.29, 0.717) is 5.56 Å². The van der Waals surface area contributed by atoms with E-state index in [1.807, 2.05) is 0 Å². The third kappa shape index (κ3) is 2.97. The normalized spacial score (nSPS) is 10.2. The number of amides is 1. The van der Waals surface area contributed by atoms with Crippen LogP contribution in [0.4, 0.5) is 4.39 Å². The lowest BCUT2D eigenvalue weighted by Crippen LogP contribution is -2.23. The summed E-state index contributed by atoms with van der Waals surface area (Å²) in [6.07, 6.45) is 0. The molecule has 4 N–H and O–H groups in total. The minimum absolute atomic E-state index is 0.0380. The molecule has 6 heteroatoms. The summed E-state index contributed by atoms with van der Waals surface area (Å²) >= 11 is 0. The first-order chi connectivity index (χ1) is 9.47. The Morgan fingerprint density at radius 1 is 1.10 bits per heavy atom. The van der Waals surface area contributed by atoms with Crippen molar-refractivity contribution in [2.24, 2.45) is 0 Å². The molecule has 0 bridgehead atoms. The molecule has 0 atom stereocenters. The van der Waals surface area contributed by atoms with E-state index in [1.54, 1.807) is 6.07 Å². The zero-order chi connectivity index (χ0) is 14.7. The number of halogens is 1. The molecule has 20 heavy (non-hydrogen) atoms. The van der Waals surface area contributed by atoms with E-state index in [0.717, 1.165) is 12.1 Å². The molecule has 104 valence electrons. The Hall–Kier alpha value is -2.76. The molecule has 0 saturated heterocycles. The van der Waals surface area contributed by atoms with Gasteiger partial charge in [-0.05, 0) is 17.7 Å². The lowest BCUT2D eigenvalue weighted by atomic mass is 10.1. The fraction of sp³-hybridized carbons (Fsp3) is 0.0714. The average molecular weight is 277 g/mol. The van der Waals surface area contributed by atoms with Crippen LogP contribution in [0.15, 0.2) is 36.4 Å². The fourth-order valence-electron chi connectivity index (χ4n) is 1.75. The van der Waals surface area contributed by atoms with E-state index >= 15 is 0 Å². The topological polar surface area (TPSA) is 89.8 Å². The number of phenolic OH excluding ortho intramolecular Hbond substituents is 3. The fourth-order valence-corrected chi connectivity index (χ4v) is 1.75. The second kappa shape index (κ2) is 5.48. The minimum atomic E-state index is -0.732. The van der Waals surface area contributed by atoms with Crippen molar-refractivity contribution in [3.63, 3.8) is 0 Å². The van der Waals surface area contributed by atoms with Crippen LogP contribution in [-0.2, 0) is 6.54 Å². The third-order valence-electron chi connectivity index (χ3n) is 2.65. The number of hydrogen-bond donors (Lipinski definition) is 4. The molecule has 1 amide bonds. The summed E-state index contributed by atoms with van der Waals surface area (Å²) in [6.45, 7) is 0.0380. The van der Waals surface area contributed by atoms with Crippen molar-refractivity contribution in [1.29, 1.82) is 0 Å². The number of carbonyl (C=O) groups excluding carboxylic acids is 1. The number of phenols is 3. The summed E-state index contributed by atoms with van der Waals surface area (Å²) in [5, 5.41) is 30.7. The number of rotatable bonds is 3. The molecule has 0 unspecified atom stereocenters. The second-order valence-corrected chi connectivity index (χ2v) is 4.17. The molecule has 2 aromatic carbocycles. The lowest BCUT2D eigenvalue weighted by molar-refractivity contribution is 0.0945. The van der Waals surface area contributed by atoms with Crippen LogP contribution in [-0.4, -0.2) is 21.2 Å². The van der Waals surface area contributed by atoms with Gasteiger partial charge in [-0.2, -0.15) is 0 Å². The number of benzene rings is 2. The van der Waals surface area contributed by atoms with Gasteiger partial charge >= 0.3 is 0 Å². The van der Waals surface area contributed by atoms with Crippen LogP contribution in [0.25, 0.3) is 0 Å². The molecule has 0 heterocycles. The zero-order valence-electron chi connectivity index (χ0n) is 10.3. The number of carbonyl (C=O) groups is 1. The lowest BCUT2D eigenvalue weighted by Gasteiger charge is -2.09. The molecule has 2 rings (SSSR count). The Bertz CT molecular complexity index is 634. The number of nitrogens with one attached hydrogen (secondary N) is 1. The first-order valence-corrected chi connectivity index (χ1v) is 5.75. The Labute approximate surface area is 113 Å². The molecular formula is C14H12FNO4. The largest absolute Gasteiger partial charge is 0.508 e. The predicted molar refractivity (Wildman–Crippen MR) is 69.0 cm³/mol. The highest BCUT2D eigenvalue weighted by Gasteiger charge is 2.17. The minimum Gasteiger partial charge on any atom is -0.508 e. The van der Waals surface area contributed by atoms with Crippen LogP contribution in [0.3, 0.4) is 0 Å². The Morgan fingerprint density at radius 2 is 1.75 bits per heavy atom. The predicted octanol–water partition coefficient (Wildman–Crippen LogP) is 1.87. The summed E-state index contributed by atoms with van der Waals surface area (Å²) in [7, 11) is 0. The molecule has 0 radical (unpaired) electrons. The van der Waals surface area contributed by atoms with Crippen molar-refractivity contribution in [2.45, 2.75) is 6.54 Å². The van der Waals surface area contributed by atoms with E-state index in [2.05, 4.69) is 5.32 Å².